The van der Waals surface area contributed by atoms with Gasteiger partial charge >= 0.3 is 0 Å². The second-order valence-electron chi connectivity index (χ2n) is 6.72. The van der Waals surface area contributed by atoms with E-state index in [1.54, 1.807) is 6.07 Å². The lowest BCUT2D eigenvalue weighted by molar-refractivity contribution is 0.525. The van der Waals surface area contributed by atoms with Crippen LogP contribution >= 0.6 is 15.9 Å². The lowest BCUT2D eigenvalue weighted by Gasteiger charge is -2.10. The first kappa shape index (κ1) is 18.3. The van der Waals surface area contributed by atoms with E-state index in [9.17, 15) is 8.78 Å². The van der Waals surface area contributed by atoms with E-state index < -0.39 is 11.6 Å². The smallest absolute Gasteiger partial charge is 0.167 e. The van der Waals surface area contributed by atoms with Crippen molar-refractivity contribution in [2.75, 3.05) is 0 Å². The Labute approximate surface area is 156 Å². The van der Waals surface area contributed by atoms with Gasteiger partial charge in [-0.2, -0.15) is 0 Å². The molecule has 0 amide bonds. The number of fused-ring (bicyclic) bond motifs is 3. The number of rotatable bonds is 7. The molecular weight excluding hydrogens is 382 g/mol. The molecule has 132 valence electrons. The molecule has 0 bridgehead atoms. The average molecular weight is 405 g/mol. The second kappa shape index (κ2) is 8.27. The second-order valence-corrected chi connectivity index (χ2v) is 7.63. The highest BCUT2D eigenvalue weighted by molar-refractivity contribution is 9.10. The third-order valence-electron chi connectivity index (χ3n) is 4.84. The van der Waals surface area contributed by atoms with Gasteiger partial charge < -0.3 is 0 Å². The lowest BCUT2D eigenvalue weighted by atomic mass is 9.97. The molecule has 25 heavy (non-hydrogen) atoms. The molecule has 0 aliphatic carbocycles. The molecule has 0 atom stereocenters. The minimum absolute atomic E-state index is 0.322. The van der Waals surface area contributed by atoms with Crippen LogP contribution in [0.25, 0.3) is 21.5 Å². The van der Waals surface area contributed by atoms with Crippen molar-refractivity contribution in [3.05, 3.63) is 58.1 Å². The molecule has 0 radical (unpaired) electrons. The lowest BCUT2D eigenvalue weighted by Crippen LogP contribution is -1.93. The number of unbranched alkanes of at least 4 members (excludes halogenated alkanes) is 5. The van der Waals surface area contributed by atoms with Crippen LogP contribution in [0.1, 0.15) is 51.0 Å². The minimum atomic E-state index is -0.763. The highest BCUT2D eigenvalue weighted by atomic mass is 79.9. The van der Waals surface area contributed by atoms with Crippen molar-refractivity contribution in [1.29, 1.82) is 0 Å². The van der Waals surface area contributed by atoms with Gasteiger partial charge in [0.2, 0.25) is 0 Å². The fraction of sp³-hybridized carbons (Fsp3) is 0.364. The molecule has 0 saturated carbocycles. The quantitative estimate of drug-likeness (QED) is 0.276. The molecule has 0 aliphatic rings. The van der Waals surface area contributed by atoms with E-state index in [-0.39, 0.29) is 0 Å². The van der Waals surface area contributed by atoms with E-state index in [0.29, 0.717) is 10.8 Å². The van der Waals surface area contributed by atoms with Gasteiger partial charge in [-0.25, -0.2) is 8.78 Å². The normalized spacial score (nSPS) is 11.5. The molecule has 0 nitrogen and oxygen atoms in total. The van der Waals surface area contributed by atoms with Gasteiger partial charge in [-0.05, 0) is 47.4 Å². The van der Waals surface area contributed by atoms with Crippen molar-refractivity contribution in [3.63, 3.8) is 0 Å². The summed E-state index contributed by atoms with van der Waals surface area (Å²) in [6.45, 7) is 2.21. The standard InChI is InChI=1S/C22H23BrF2/c1-2-3-4-5-6-7-8-15-9-11-17-18-12-10-16(23)14-20(18)22(25)21(24)19(17)13-15/h9-14H,2-8H2,1H3. The predicted octanol–water partition coefficient (Wildman–Crippen LogP) is 7.94. The number of halogens is 3. The zero-order chi connectivity index (χ0) is 17.8. The Bertz CT molecular complexity index is 886. The van der Waals surface area contributed by atoms with Gasteiger partial charge in [0.1, 0.15) is 0 Å². The summed E-state index contributed by atoms with van der Waals surface area (Å²) in [5, 5.41) is 2.23. The largest absolute Gasteiger partial charge is 0.203 e. The van der Waals surface area contributed by atoms with Crippen LogP contribution in [0.3, 0.4) is 0 Å². The highest BCUT2D eigenvalue weighted by Gasteiger charge is 2.15. The van der Waals surface area contributed by atoms with Crippen LogP contribution in [0.5, 0.6) is 0 Å². The van der Waals surface area contributed by atoms with Crippen molar-refractivity contribution in [2.45, 2.75) is 51.9 Å². The molecule has 0 spiro atoms. The van der Waals surface area contributed by atoms with Gasteiger partial charge in [-0.3, -0.25) is 0 Å². The molecule has 3 rings (SSSR count). The number of hydrogen-bond donors (Lipinski definition) is 0. The fourth-order valence-corrected chi connectivity index (χ4v) is 3.80. The van der Waals surface area contributed by atoms with Gasteiger partial charge in [-0.1, -0.05) is 73.2 Å². The maximum atomic E-state index is 14.6. The summed E-state index contributed by atoms with van der Waals surface area (Å²) < 4.78 is 29.8. The van der Waals surface area contributed by atoms with E-state index in [1.165, 1.54) is 32.1 Å². The van der Waals surface area contributed by atoms with Crippen LogP contribution in [0, 0.1) is 11.6 Å². The summed E-state index contributed by atoms with van der Waals surface area (Å²) in [6.07, 6.45) is 8.30. The summed E-state index contributed by atoms with van der Waals surface area (Å²) in [5.41, 5.74) is 1.08. The van der Waals surface area contributed by atoms with Crippen LogP contribution in [0.4, 0.5) is 8.78 Å². The SMILES string of the molecule is CCCCCCCCc1ccc2c(c1)c(F)c(F)c1cc(Br)ccc12. The minimum Gasteiger partial charge on any atom is -0.203 e. The van der Waals surface area contributed by atoms with Crippen molar-refractivity contribution in [2.24, 2.45) is 0 Å². The summed E-state index contributed by atoms with van der Waals surface area (Å²) in [6, 6.07) is 11.1. The number of hydrogen-bond acceptors (Lipinski definition) is 0. The van der Waals surface area contributed by atoms with E-state index >= 15 is 0 Å². The first-order chi connectivity index (χ1) is 12.1. The summed E-state index contributed by atoms with van der Waals surface area (Å²) in [4.78, 5) is 0. The molecule has 0 aliphatic heterocycles. The average Bonchev–Trinajstić information content (AvgIpc) is 2.62. The summed E-state index contributed by atoms with van der Waals surface area (Å²) in [5.74, 6) is -1.51. The van der Waals surface area contributed by atoms with Crippen molar-refractivity contribution >= 4 is 37.5 Å². The first-order valence-corrected chi connectivity index (χ1v) is 9.90. The zero-order valence-corrected chi connectivity index (χ0v) is 16.1. The van der Waals surface area contributed by atoms with Crippen molar-refractivity contribution < 1.29 is 8.78 Å². The third kappa shape index (κ3) is 4.03. The van der Waals surface area contributed by atoms with Crippen LogP contribution in [-0.4, -0.2) is 0 Å². The topological polar surface area (TPSA) is 0 Å². The highest BCUT2D eigenvalue weighted by Crippen LogP contribution is 2.33. The molecule has 0 aromatic heterocycles. The summed E-state index contributed by atoms with van der Waals surface area (Å²) >= 11 is 3.33. The summed E-state index contributed by atoms with van der Waals surface area (Å²) in [7, 11) is 0. The molecule has 3 aromatic carbocycles. The van der Waals surface area contributed by atoms with Crippen molar-refractivity contribution in [1.82, 2.24) is 0 Å². The Morgan fingerprint density at radius 1 is 0.720 bits per heavy atom. The molecule has 3 heteroatoms. The van der Waals surface area contributed by atoms with Crippen LogP contribution in [0.15, 0.2) is 40.9 Å². The number of aryl methyl sites for hydroxylation is 1. The van der Waals surface area contributed by atoms with Gasteiger partial charge in [0.25, 0.3) is 0 Å². The maximum Gasteiger partial charge on any atom is 0.167 e. The van der Waals surface area contributed by atoms with Crippen LogP contribution < -0.4 is 0 Å². The maximum absolute atomic E-state index is 14.6. The van der Waals surface area contributed by atoms with Gasteiger partial charge in [0.15, 0.2) is 11.6 Å². The Kier molecular flexibility index (Phi) is 6.06. The Morgan fingerprint density at radius 2 is 1.32 bits per heavy atom. The number of benzene rings is 3. The molecule has 3 aromatic rings. The Morgan fingerprint density at radius 3 is 2.04 bits per heavy atom. The van der Waals surface area contributed by atoms with Gasteiger partial charge in [-0.15, -0.1) is 0 Å². The van der Waals surface area contributed by atoms with E-state index in [4.69, 9.17) is 0 Å². The monoisotopic (exact) mass is 404 g/mol. The van der Waals surface area contributed by atoms with Gasteiger partial charge in [0, 0.05) is 15.2 Å². The molecule has 0 N–H and O–H groups in total. The first-order valence-electron chi connectivity index (χ1n) is 9.10. The van der Waals surface area contributed by atoms with Crippen LogP contribution in [-0.2, 0) is 6.42 Å². The fourth-order valence-electron chi connectivity index (χ4n) is 3.44. The van der Waals surface area contributed by atoms with Crippen LogP contribution in [0.2, 0.25) is 0 Å². The van der Waals surface area contributed by atoms with E-state index in [0.717, 1.165) is 33.7 Å². The molecule has 0 fully saturated rings. The van der Waals surface area contributed by atoms with E-state index in [2.05, 4.69) is 22.9 Å². The predicted molar refractivity (Wildman–Crippen MR) is 106 cm³/mol. The molecule has 0 unspecified atom stereocenters. The Balaban J connectivity index is 1.86. The molecule has 0 saturated heterocycles. The van der Waals surface area contributed by atoms with Crippen molar-refractivity contribution in [3.8, 4) is 0 Å². The zero-order valence-electron chi connectivity index (χ0n) is 14.5. The Hall–Kier alpha value is -1.48. The molecular formula is C22H23BrF2. The van der Waals surface area contributed by atoms with E-state index in [1.807, 2.05) is 30.3 Å². The van der Waals surface area contributed by atoms with Gasteiger partial charge in [0.05, 0.1) is 0 Å². The third-order valence-corrected chi connectivity index (χ3v) is 5.33. The molecule has 0 heterocycles.